The van der Waals surface area contributed by atoms with Gasteiger partial charge in [0.05, 0.1) is 0 Å². The molecular formula is C26H46Cl2Si. The van der Waals surface area contributed by atoms with Gasteiger partial charge in [-0.2, -0.15) is 0 Å². The topological polar surface area (TPSA) is 0 Å². The van der Waals surface area contributed by atoms with Crippen LogP contribution in [0.4, 0.5) is 0 Å². The zero-order valence-electron chi connectivity index (χ0n) is 19.1. The number of aryl methyl sites for hydroxylation is 1. The Bertz CT molecular complexity index is 461. The smallest absolute Gasteiger partial charge is 0.146 e. The Balaban J connectivity index is 1.82. The van der Waals surface area contributed by atoms with Crippen molar-refractivity contribution in [3.8, 4) is 0 Å². The number of benzene rings is 1. The molecule has 0 saturated heterocycles. The van der Waals surface area contributed by atoms with Crippen LogP contribution in [0, 0.1) is 0 Å². The van der Waals surface area contributed by atoms with Gasteiger partial charge in [-0.05, 0) is 24.1 Å². The third-order valence-electron chi connectivity index (χ3n) is 6.02. The van der Waals surface area contributed by atoms with E-state index >= 15 is 0 Å². The van der Waals surface area contributed by atoms with Crippen molar-refractivity contribution < 1.29 is 0 Å². The number of halogens is 2. The summed E-state index contributed by atoms with van der Waals surface area (Å²) in [4.78, 5) is 0. The number of unbranched alkanes of at least 4 members (excludes halogenated alkanes) is 15. The van der Waals surface area contributed by atoms with Crippen LogP contribution in [0.5, 0.6) is 0 Å². The highest BCUT2D eigenvalue weighted by molar-refractivity contribution is 7.45. The summed E-state index contributed by atoms with van der Waals surface area (Å²) in [6.45, 7) is 0.243. The average Bonchev–Trinajstić information content (AvgIpc) is 2.73. The van der Waals surface area contributed by atoms with Crippen LogP contribution in [0.3, 0.4) is 0 Å². The van der Waals surface area contributed by atoms with Crippen LogP contribution in [0.15, 0.2) is 30.3 Å². The lowest BCUT2D eigenvalue weighted by molar-refractivity contribution is 0.531. The largest absolute Gasteiger partial charge is 0.251 e. The van der Waals surface area contributed by atoms with Gasteiger partial charge in [0.1, 0.15) is 0 Å². The molecule has 0 aliphatic carbocycles. The predicted octanol–water partition coefficient (Wildman–Crippen LogP) is 10.4. The van der Waals surface area contributed by atoms with Crippen LogP contribution >= 0.6 is 22.2 Å². The highest BCUT2D eigenvalue weighted by atomic mass is 35.7. The minimum atomic E-state index is -2.05. The first kappa shape index (κ1) is 27.1. The average molecular weight is 458 g/mol. The molecule has 0 N–H and O–H groups in total. The summed E-state index contributed by atoms with van der Waals surface area (Å²) in [6.07, 6.45) is 23.5. The molecule has 1 aromatic rings. The van der Waals surface area contributed by atoms with Crippen LogP contribution in [0.25, 0.3) is 0 Å². The first-order valence-corrected chi connectivity index (χ1v) is 17.0. The standard InChI is InChI=1S/C26H46Cl2Si/c1-2-3-4-5-6-7-8-9-10-11-12-13-14-15-16-20-24-29(27,28)25-23-26-21-18-17-19-22-26/h17-19,21-22H,2-16,20,23-25H2,1H3. The maximum atomic E-state index is 6.66. The molecule has 29 heavy (non-hydrogen) atoms. The van der Waals surface area contributed by atoms with Crippen LogP contribution in [-0.4, -0.2) is 6.69 Å². The SMILES string of the molecule is CCCCCCCCCCCCCCCCCC[Si](Cl)(Cl)CCc1ccccc1. The Morgan fingerprint density at radius 1 is 0.552 bits per heavy atom. The van der Waals surface area contributed by atoms with Gasteiger partial charge >= 0.3 is 0 Å². The second kappa shape index (κ2) is 18.8. The van der Waals surface area contributed by atoms with Gasteiger partial charge < -0.3 is 0 Å². The molecule has 3 heteroatoms. The molecule has 0 amide bonds. The van der Waals surface area contributed by atoms with E-state index in [2.05, 4.69) is 37.3 Å². The quantitative estimate of drug-likeness (QED) is 0.104. The van der Waals surface area contributed by atoms with Crippen LogP contribution < -0.4 is 0 Å². The summed E-state index contributed by atoms with van der Waals surface area (Å²) in [5.74, 6) is 0. The number of hydrogen-bond acceptors (Lipinski definition) is 0. The van der Waals surface area contributed by atoms with Crippen molar-refractivity contribution in [2.24, 2.45) is 0 Å². The Kier molecular flexibility index (Phi) is 17.5. The van der Waals surface area contributed by atoms with Crippen molar-refractivity contribution in [2.75, 3.05) is 0 Å². The summed E-state index contributed by atoms with van der Waals surface area (Å²) in [7, 11) is 0. The van der Waals surface area contributed by atoms with Gasteiger partial charge in [0, 0.05) is 0 Å². The van der Waals surface area contributed by atoms with Crippen molar-refractivity contribution in [2.45, 2.75) is 128 Å². The molecule has 0 aliphatic heterocycles. The zero-order chi connectivity index (χ0) is 21.0. The highest BCUT2D eigenvalue weighted by Gasteiger charge is 2.27. The predicted molar refractivity (Wildman–Crippen MR) is 137 cm³/mol. The van der Waals surface area contributed by atoms with E-state index in [-0.39, 0.29) is 0 Å². The molecule has 0 aliphatic rings. The van der Waals surface area contributed by atoms with Crippen molar-refractivity contribution in [3.63, 3.8) is 0 Å². The van der Waals surface area contributed by atoms with Crippen LogP contribution in [0.1, 0.15) is 115 Å². The second-order valence-corrected chi connectivity index (χ2v) is 16.5. The van der Waals surface area contributed by atoms with Crippen molar-refractivity contribution in [1.82, 2.24) is 0 Å². The molecule has 0 bridgehead atoms. The van der Waals surface area contributed by atoms with Gasteiger partial charge in [0.2, 0.25) is 0 Å². The Morgan fingerprint density at radius 3 is 1.41 bits per heavy atom. The summed E-state index contributed by atoms with van der Waals surface area (Å²) in [5, 5.41) is 0. The van der Waals surface area contributed by atoms with E-state index in [1.54, 1.807) is 0 Å². The van der Waals surface area contributed by atoms with E-state index < -0.39 is 6.69 Å². The maximum Gasteiger partial charge on any atom is 0.251 e. The highest BCUT2D eigenvalue weighted by Crippen LogP contribution is 2.30. The zero-order valence-corrected chi connectivity index (χ0v) is 21.6. The summed E-state index contributed by atoms with van der Waals surface area (Å²) in [6, 6.07) is 12.6. The van der Waals surface area contributed by atoms with Gasteiger partial charge in [-0.1, -0.05) is 140 Å². The molecule has 0 spiro atoms. The first-order valence-electron chi connectivity index (χ1n) is 12.6. The van der Waals surface area contributed by atoms with Gasteiger partial charge in [-0.25, -0.2) is 0 Å². The van der Waals surface area contributed by atoms with E-state index in [1.807, 2.05) is 0 Å². The molecule has 0 unspecified atom stereocenters. The van der Waals surface area contributed by atoms with Gasteiger partial charge in [0.25, 0.3) is 6.69 Å². The van der Waals surface area contributed by atoms with E-state index in [9.17, 15) is 0 Å². The second-order valence-electron chi connectivity index (χ2n) is 8.89. The van der Waals surface area contributed by atoms with E-state index in [4.69, 9.17) is 22.2 Å². The third kappa shape index (κ3) is 17.4. The van der Waals surface area contributed by atoms with Crippen LogP contribution in [-0.2, 0) is 6.42 Å². The van der Waals surface area contributed by atoms with Crippen molar-refractivity contribution in [1.29, 1.82) is 0 Å². The van der Waals surface area contributed by atoms with Crippen molar-refractivity contribution >= 4 is 28.9 Å². The molecule has 1 aromatic carbocycles. The first-order chi connectivity index (χ1) is 14.1. The Labute approximate surface area is 192 Å². The number of rotatable bonds is 20. The fraction of sp³-hybridized carbons (Fsp3) is 0.769. The molecule has 168 valence electrons. The lowest BCUT2D eigenvalue weighted by atomic mass is 10.0. The summed E-state index contributed by atoms with van der Waals surface area (Å²) < 4.78 is 0. The molecule has 0 radical (unpaired) electrons. The van der Waals surface area contributed by atoms with Crippen LogP contribution in [0.2, 0.25) is 12.1 Å². The monoisotopic (exact) mass is 456 g/mol. The van der Waals surface area contributed by atoms with E-state index in [1.165, 1.54) is 108 Å². The molecular weight excluding hydrogens is 411 g/mol. The van der Waals surface area contributed by atoms with Gasteiger partial charge in [-0.3, -0.25) is 0 Å². The normalized spacial score (nSPS) is 11.8. The Morgan fingerprint density at radius 2 is 0.966 bits per heavy atom. The van der Waals surface area contributed by atoms with Gasteiger partial charge in [-0.15, -0.1) is 22.2 Å². The molecule has 0 fully saturated rings. The minimum Gasteiger partial charge on any atom is -0.146 e. The minimum absolute atomic E-state index is 0.985. The third-order valence-corrected chi connectivity index (χ3v) is 10.4. The van der Waals surface area contributed by atoms with Gasteiger partial charge in [0.15, 0.2) is 0 Å². The Hall–Kier alpha value is 0.0169. The molecule has 0 aromatic heterocycles. The maximum absolute atomic E-state index is 6.66. The lowest BCUT2D eigenvalue weighted by Gasteiger charge is -2.16. The lowest BCUT2D eigenvalue weighted by Crippen LogP contribution is -2.19. The summed E-state index contributed by atoms with van der Waals surface area (Å²) in [5.41, 5.74) is 1.36. The number of hydrogen-bond donors (Lipinski definition) is 0. The van der Waals surface area contributed by atoms with Crippen molar-refractivity contribution in [3.05, 3.63) is 35.9 Å². The van der Waals surface area contributed by atoms with E-state index in [0.29, 0.717) is 0 Å². The molecule has 0 nitrogen and oxygen atoms in total. The molecule has 0 saturated carbocycles. The fourth-order valence-corrected chi connectivity index (χ4v) is 7.07. The summed E-state index contributed by atoms with van der Waals surface area (Å²) >= 11 is 13.3. The molecule has 0 atom stereocenters. The molecule has 0 heterocycles. The van der Waals surface area contributed by atoms with E-state index in [0.717, 1.165) is 18.5 Å². The fourth-order valence-electron chi connectivity index (χ4n) is 4.03. The molecule has 1 rings (SSSR count).